The summed E-state index contributed by atoms with van der Waals surface area (Å²) in [5.74, 6) is 1.72. The predicted molar refractivity (Wildman–Crippen MR) is 89.6 cm³/mol. The molecule has 0 saturated carbocycles. The van der Waals surface area contributed by atoms with Crippen molar-refractivity contribution in [3.63, 3.8) is 0 Å². The maximum absolute atomic E-state index is 5.58. The van der Waals surface area contributed by atoms with Gasteiger partial charge in [-0.2, -0.15) is 0 Å². The number of benzene rings is 1. The molecule has 1 aromatic heterocycles. The molecule has 0 spiro atoms. The lowest BCUT2D eigenvalue weighted by Crippen LogP contribution is -2.07. The average molecular weight is 301 g/mol. The Balaban J connectivity index is 2.05. The van der Waals surface area contributed by atoms with Gasteiger partial charge in [0.1, 0.15) is 5.82 Å². The van der Waals surface area contributed by atoms with Gasteiger partial charge in [-0.15, -0.1) is 11.8 Å². The minimum atomic E-state index is 0.712. The number of hydrogen-bond acceptors (Lipinski definition) is 4. The first-order valence-corrected chi connectivity index (χ1v) is 8.31. The number of nitrogens with two attached hydrogens (primary N) is 1. The monoisotopic (exact) mass is 301 g/mol. The van der Waals surface area contributed by atoms with E-state index in [0.717, 1.165) is 35.8 Å². The van der Waals surface area contributed by atoms with Crippen molar-refractivity contribution in [1.82, 2.24) is 9.97 Å². The standard InChI is InChI=1S/C17H23N3S/c1-12-6-8-15(9-7-12)21-11-17-19-13(2)16(5-4-10-18)14(3)20-17/h6-9H,4-5,10-11,18H2,1-3H3. The van der Waals surface area contributed by atoms with Crippen LogP contribution in [0.4, 0.5) is 0 Å². The molecule has 0 unspecified atom stereocenters. The van der Waals surface area contributed by atoms with E-state index < -0.39 is 0 Å². The van der Waals surface area contributed by atoms with Crippen LogP contribution in [-0.2, 0) is 12.2 Å². The highest BCUT2D eigenvalue weighted by Gasteiger charge is 2.08. The minimum absolute atomic E-state index is 0.712. The second-order valence-electron chi connectivity index (χ2n) is 5.28. The lowest BCUT2D eigenvalue weighted by molar-refractivity contribution is 0.796. The Morgan fingerprint density at radius 2 is 1.62 bits per heavy atom. The van der Waals surface area contributed by atoms with Crippen molar-refractivity contribution in [2.45, 2.75) is 44.3 Å². The van der Waals surface area contributed by atoms with Crippen molar-refractivity contribution in [3.05, 3.63) is 52.6 Å². The molecule has 0 aliphatic rings. The molecule has 1 heterocycles. The van der Waals surface area contributed by atoms with Gasteiger partial charge in [-0.3, -0.25) is 0 Å². The molecule has 2 aromatic rings. The molecule has 1 aromatic carbocycles. The first-order chi connectivity index (χ1) is 10.1. The highest BCUT2D eigenvalue weighted by atomic mass is 32.2. The molecule has 3 nitrogen and oxygen atoms in total. The summed E-state index contributed by atoms with van der Waals surface area (Å²) in [6.07, 6.45) is 1.96. The SMILES string of the molecule is Cc1ccc(SCc2nc(C)c(CCCN)c(C)n2)cc1. The number of thioether (sulfide) groups is 1. The van der Waals surface area contributed by atoms with E-state index in [1.165, 1.54) is 16.0 Å². The second kappa shape index (κ2) is 7.57. The Kier molecular flexibility index (Phi) is 5.76. The maximum Gasteiger partial charge on any atom is 0.139 e. The van der Waals surface area contributed by atoms with E-state index in [4.69, 9.17) is 5.73 Å². The van der Waals surface area contributed by atoms with Crippen LogP contribution in [0.15, 0.2) is 29.2 Å². The third-order valence-corrected chi connectivity index (χ3v) is 4.49. The fraction of sp³-hybridized carbons (Fsp3) is 0.412. The van der Waals surface area contributed by atoms with Gasteiger partial charge in [0.25, 0.3) is 0 Å². The molecule has 2 N–H and O–H groups in total. The van der Waals surface area contributed by atoms with E-state index >= 15 is 0 Å². The smallest absolute Gasteiger partial charge is 0.139 e. The summed E-state index contributed by atoms with van der Waals surface area (Å²) in [6.45, 7) is 6.95. The maximum atomic E-state index is 5.58. The zero-order chi connectivity index (χ0) is 15.2. The zero-order valence-electron chi connectivity index (χ0n) is 13.0. The highest BCUT2D eigenvalue weighted by Crippen LogP contribution is 2.22. The molecule has 0 saturated heterocycles. The summed E-state index contributed by atoms with van der Waals surface area (Å²) in [5.41, 5.74) is 10.3. The number of nitrogens with zero attached hydrogens (tertiary/aromatic N) is 2. The molecule has 0 aliphatic heterocycles. The van der Waals surface area contributed by atoms with E-state index in [1.807, 2.05) is 0 Å². The lowest BCUT2D eigenvalue weighted by Gasteiger charge is -2.10. The number of rotatable bonds is 6. The van der Waals surface area contributed by atoms with Crippen LogP contribution >= 0.6 is 11.8 Å². The van der Waals surface area contributed by atoms with Crippen molar-refractivity contribution in [2.24, 2.45) is 5.73 Å². The van der Waals surface area contributed by atoms with Crippen molar-refractivity contribution in [3.8, 4) is 0 Å². The van der Waals surface area contributed by atoms with Crippen molar-refractivity contribution in [2.75, 3.05) is 6.54 Å². The normalized spacial score (nSPS) is 10.9. The van der Waals surface area contributed by atoms with Gasteiger partial charge in [-0.05, 0) is 57.9 Å². The molecule has 4 heteroatoms. The quantitative estimate of drug-likeness (QED) is 0.829. The third kappa shape index (κ3) is 4.55. The van der Waals surface area contributed by atoms with Crippen LogP contribution in [0.2, 0.25) is 0 Å². The largest absolute Gasteiger partial charge is 0.330 e. The van der Waals surface area contributed by atoms with Crippen molar-refractivity contribution < 1.29 is 0 Å². The number of aryl methyl sites for hydroxylation is 3. The zero-order valence-corrected chi connectivity index (χ0v) is 13.8. The van der Waals surface area contributed by atoms with Gasteiger partial charge < -0.3 is 5.73 Å². The van der Waals surface area contributed by atoms with Crippen LogP contribution < -0.4 is 5.73 Å². The molecule has 0 aliphatic carbocycles. The van der Waals surface area contributed by atoms with Crippen LogP contribution in [-0.4, -0.2) is 16.5 Å². The molecule has 0 atom stereocenters. The first-order valence-electron chi connectivity index (χ1n) is 7.32. The van der Waals surface area contributed by atoms with Gasteiger partial charge >= 0.3 is 0 Å². The summed E-state index contributed by atoms with van der Waals surface area (Å²) in [7, 11) is 0. The summed E-state index contributed by atoms with van der Waals surface area (Å²) >= 11 is 1.78. The van der Waals surface area contributed by atoms with Gasteiger partial charge in [0, 0.05) is 16.3 Å². The van der Waals surface area contributed by atoms with Gasteiger partial charge in [-0.25, -0.2) is 9.97 Å². The van der Waals surface area contributed by atoms with Gasteiger partial charge in [-0.1, -0.05) is 17.7 Å². The van der Waals surface area contributed by atoms with Gasteiger partial charge in [0.15, 0.2) is 0 Å². The Labute approximate surface area is 131 Å². The molecule has 0 radical (unpaired) electrons. The van der Waals surface area contributed by atoms with E-state index in [9.17, 15) is 0 Å². The topological polar surface area (TPSA) is 51.8 Å². The van der Waals surface area contributed by atoms with Gasteiger partial charge in [0.05, 0.1) is 5.75 Å². The second-order valence-corrected chi connectivity index (χ2v) is 6.33. The molecule has 112 valence electrons. The fourth-order valence-electron chi connectivity index (χ4n) is 2.30. The van der Waals surface area contributed by atoms with E-state index in [-0.39, 0.29) is 0 Å². The summed E-state index contributed by atoms with van der Waals surface area (Å²) in [6, 6.07) is 8.57. The summed E-state index contributed by atoms with van der Waals surface area (Å²) < 4.78 is 0. The van der Waals surface area contributed by atoms with Crippen LogP contribution in [0.3, 0.4) is 0 Å². The van der Waals surface area contributed by atoms with E-state index in [1.54, 1.807) is 11.8 Å². The number of hydrogen-bond donors (Lipinski definition) is 1. The lowest BCUT2D eigenvalue weighted by atomic mass is 10.1. The summed E-state index contributed by atoms with van der Waals surface area (Å²) in [4.78, 5) is 10.5. The van der Waals surface area contributed by atoms with Crippen LogP contribution in [0.5, 0.6) is 0 Å². The Hall–Kier alpha value is -1.39. The van der Waals surface area contributed by atoms with Crippen molar-refractivity contribution >= 4 is 11.8 Å². The Bertz CT molecular complexity index is 570. The predicted octanol–water partition coefficient (Wildman–Crippen LogP) is 3.59. The van der Waals surface area contributed by atoms with Crippen LogP contribution in [0.25, 0.3) is 0 Å². The highest BCUT2D eigenvalue weighted by molar-refractivity contribution is 7.98. The molecule has 0 amide bonds. The molecule has 0 bridgehead atoms. The molecule has 21 heavy (non-hydrogen) atoms. The number of aromatic nitrogens is 2. The molecular formula is C17H23N3S. The Morgan fingerprint density at radius 3 is 2.19 bits per heavy atom. The third-order valence-electron chi connectivity index (χ3n) is 3.49. The van der Waals surface area contributed by atoms with Gasteiger partial charge in [0.2, 0.25) is 0 Å². The van der Waals surface area contributed by atoms with Crippen LogP contribution in [0.1, 0.15) is 34.8 Å². The Morgan fingerprint density at radius 1 is 1.00 bits per heavy atom. The van der Waals surface area contributed by atoms with Crippen LogP contribution in [0, 0.1) is 20.8 Å². The molecule has 0 fully saturated rings. The molecule has 2 rings (SSSR count). The fourth-order valence-corrected chi connectivity index (χ4v) is 3.05. The van der Waals surface area contributed by atoms with E-state index in [0.29, 0.717) is 6.54 Å². The van der Waals surface area contributed by atoms with Crippen molar-refractivity contribution in [1.29, 1.82) is 0 Å². The first kappa shape index (κ1) is 16.0. The minimum Gasteiger partial charge on any atom is -0.330 e. The average Bonchev–Trinajstić information content (AvgIpc) is 2.46. The summed E-state index contributed by atoms with van der Waals surface area (Å²) in [5, 5.41) is 0. The molecular weight excluding hydrogens is 278 g/mol. The van der Waals surface area contributed by atoms with E-state index in [2.05, 4.69) is 55.0 Å².